The summed E-state index contributed by atoms with van der Waals surface area (Å²) in [5, 5.41) is 1.12. The van der Waals surface area contributed by atoms with Crippen molar-refractivity contribution in [1.82, 2.24) is 0 Å². The minimum absolute atomic E-state index is 0.0426. The van der Waals surface area contributed by atoms with Gasteiger partial charge in [-0.2, -0.15) is 0 Å². The van der Waals surface area contributed by atoms with E-state index in [-0.39, 0.29) is 11.7 Å². The average molecular weight is 265 g/mol. The van der Waals surface area contributed by atoms with Gasteiger partial charge in [-0.15, -0.1) is 0 Å². The molecule has 0 atom stereocenters. The Kier molecular flexibility index (Phi) is 3.82. The summed E-state index contributed by atoms with van der Waals surface area (Å²) in [6.45, 7) is 0. The fourth-order valence-corrected chi connectivity index (χ4v) is 2.01. The summed E-state index contributed by atoms with van der Waals surface area (Å²) in [6.07, 6.45) is 10.7. The van der Waals surface area contributed by atoms with Crippen LogP contribution in [0, 0.1) is 5.92 Å². The highest BCUT2D eigenvalue weighted by Crippen LogP contribution is 2.22. The van der Waals surface area contributed by atoms with Crippen molar-refractivity contribution in [2.75, 3.05) is 0 Å². The Morgan fingerprint density at radius 1 is 1.18 bits per heavy atom. The van der Waals surface area contributed by atoms with E-state index >= 15 is 0 Å². The SMILES string of the molecule is O=C(/C=C/c1ccc(Cl)cc1Cl)C1C=CC=C1. The molecule has 2 rings (SSSR count). The number of carbonyl (C=O) groups excluding carboxylic acids is 1. The zero-order chi connectivity index (χ0) is 12.3. The Hall–Kier alpha value is -1.31. The molecule has 0 saturated heterocycles. The van der Waals surface area contributed by atoms with Crippen LogP contribution in [0.1, 0.15) is 5.56 Å². The van der Waals surface area contributed by atoms with Crippen molar-refractivity contribution in [2.45, 2.75) is 0 Å². The number of halogens is 2. The third-order valence-electron chi connectivity index (χ3n) is 2.47. The van der Waals surface area contributed by atoms with Gasteiger partial charge < -0.3 is 0 Å². The van der Waals surface area contributed by atoms with E-state index in [1.165, 1.54) is 0 Å². The molecular formula is C14H10Cl2O. The lowest BCUT2D eigenvalue weighted by atomic mass is 10.1. The van der Waals surface area contributed by atoms with Crippen LogP contribution in [0.2, 0.25) is 10.0 Å². The largest absolute Gasteiger partial charge is 0.294 e. The van der Waals surface area contributed by atoms with E-state index in [1.54, 1.807) is 30.4 Å². The number of hydrogen-bond acceptors (Lipinski definition) is 1. The fourth-order valence-electron chi connectivity index (χ4n) is 1.54. The van der Waals surface area contributed by atoms with Crippen molar-refractivity contribution >= 4 is 35.1 Å². The number of allylic oxidation sites excluding steroid dienone is 5. The van der Waals surface area contributed by atoms with Crippen LogP contribution in [-0.2, 0) is 4.79 Å². The molecule has 0 heterocycles. The maximum atomic E-state index is 11.7. The second kappa shape index (κ2) is 5.35. The predicted molar refractivity (Wildman–Crippen MR) is 72.3 cm³/mol. The Bertz CT molecular complexity index is 515. The minimum Gasteiger partial charge on any atom is -0.294 e. The van der Waals surface area contributed by atoms with Crippen LogP contribution in [0.4, 0.5) is 0 Å². The van der Waals surface area contributed by atoms with E-state index in [4.69, 9.17) is 23.2 Å². The van der Waals surface area contributed by atoms with Crippen molar-refractivity contribution in [3.05, 3.63) is 64.2 Å². The highest BCUT2D eigenvalue weighted by atomic mass is 35.5. The molecule has 1 aliphatic carbocycles. The van der Waals surface area contributed by atoms with Gasteiger partial charge >= 0.3 is 0 Å². The van der Waals surface area contributed by atoms with Crippen LogP contribution >= 0.6 is 23.2 Å². The van der Waals surface area contributed by atoms with Gasteiger partial charge in [-0.25, -0.2) is 0 Å². The summed E-state index contributed by atoms with van der Waals surface area (Å²) in [5.74, 6) is -0.0988. The molecule has 1 nitrogen and oxygen atoms in total. The molecule has 0 spiro atoms. The highest BCUT2D eigenvalue weighted by molar-refractivity contribution is 6.35. The van der Waals surface area contributed by atoms with Gasteiger partial charge in [0.1, 0.15) is 0 Å². The van der Waals surface area contributed by atoms with E-state index in [0.29, 0.717) is 10.0 Å². The lowest BCUT2D eigenvalue weighted by Gasteiger charge is -2.00. The van der Waals surface area contributed by atoms with E-state index in [1.807, 2.05) is 24.3 Å². The molecule has 0 aromatic heterocycles. The molecule has 0 fully saturated rings. The second-order valence-corrected chi connectivity index (χ2v) is 4.54. The molecule has 1 aliphatic rings. The van der Waals surface area contributed by atoms with Gasteiger partial charge in [0.15, 0.2) is 5.78 Å². The Morgan fingerprint density at radius 2 is 1.88 bits per heavy atom. The molecule has 0 aliphatic heterocycles. The van der Waals surface area contributed by atoms with Gasteiger partial charge in [-0.05, 0) is 29.8 Å². The first-order valence-electron chi connectivity index (χ1n) is 5.19. The maximum absolute atomic E-state index is 11.7. The molecule has 0 amide bonds. The standard InChI is InChI=1S/C14H10Cl2O/c15-12-7-5-10(13(16)9-12)6-8-14(17)11-3-1-2-4-11/h1-9,11H/b8-6+. The topological polar surface area (TPSA) is 17.1 Å². The van der Waals surface area contributed by atoms with Crippen molar-refractivity contribution < 1.29 is 4.79 Å². The Labute approximate surface area is 110 Å². The van der Waals surface area contributed by atoms with Gasteiger partial charge in [-0.3, -0.25) is 4.79 Å². The number of carbonyl (C=O) groups is 1. The first-order valence-corrected chi connectivity index (χ1v) is 5.94. The summed E-state index contributed by atoms with van der Waals surface area (Å²) in [7, 11) is 0. The summed E-state index contributed by atoms with van der Waals surface area (Å²) < 4.78 is 0. The zero-order valence-corrected chi connectivity index (χ0v) is 10.4. The van der Waals surface area contributed by atoms with Crippen LogP contribution in [0.3, 0.4) is 0 Å². The summed E-state index contributed by atoms with van der Waals surface area (Å²) in [5.41, 5.74) is 0.787. The lowest BCUT2D eigenvalue weighted by molar-refractivity contribution is -0.115. The molecule has 17 heavy (non-hydrogen) atoms. The van der Waals surface area contributed by atoms with Gasteiger partial charge in [0, 0.05) is 10.0 Å². The van der Waals surface area contributed by atoms with Gasteiger partial charge in [-0.1, -0.05) is 53.6 Å². The van der Waals surface area contributed by atoms with Gasteiger partial charge in [0.05, 0.1) is 5.92 Å². The van der Waals surface area contributed by atoms with Crippen LogP contribution < -0.4 is 0 Å². The quantitative estimate of drug-likeness (QED) is 0.744. The van der Waals surface area contributed by atoms with E-state index in [2.05, 4.69) is 0 Å². The highest BCUT2D eigenvalue weighted by Gasteiger charge is 2.10. The smallest absolute Gasteiger partial charge is 0.166 e. The first kappa shape index (κ1) is 12.2. The maximum Gasteiger partial charge on any atom is 0.166 e. The number of ketones is 1. The van der Waals surface area contributed by atoms with Crippen LogP contribution in [0.25, 0.3) is 6.08 Å². The summed E-state index contributed by atoms with van der Waals surface area (Å²) >= 11 is 11.8. The molecule has 86 valence electrons. The normalized spacial score (nSPS) is 14.9. The van der Waals surface area contributed by atoms with Crippen molar-refractivity contribution in [3.8, 4) is 0 Å². The predicted octanol–water partition coefficient (Wildman–Crippen LogP) is 4.32. The Morgan fingerprint density at radius 3 is 2.53 bits per heavy atom. The molecule has 1 aromatic carbocycles. The fraction of sp³-hybridized carbons (Fsp3) is 0.0714. The molecule has 0 unspecified atom stereocenters. The van der Waals surface area contributed by atoms with Crippen LogP contribution in [0.5, 0.6) is 0 Å². The molecule has 1 aromatic rings. The third-order valence-corrected chi connectivity index (χ3v) is 3.03. The lowest BCUT2D eigenvalue weighted by Crippen LogP contribution is -2.03. The zero-order valence-electron chi connectivity index (χ0n) is 8.94. The molecular weight excluding hydrogens is 255 g/mol. The van der Waals surface area contributed by atoms with E-state index in [9.17, 15) is 4.79 Å². The average Bonchev–Trinajstić information content (AvgIpc) is 2.81. The van der Waals surface area contributed by atoms with Crippen LogP contribution in [0.15, 0.2) is 48.6 Å². The van der Waals surface area contributed by atoms with Gasteiger partial charge in [0.25, 0.3) is 0 Å². The van der Waals surface area contributed by atoms with Crippen molar-refractivity contribution in [1.29, 1.82) is 0 Å². The van der Waals surface area contributed by atoms with Crippen LogP contribution in [-0.4, -0.2) is 5.78 Å². The Balaban J connectivity index is 2.12. The monoisotopic (exact) mass is 264 g/mol. The van der Waals surface area contributed by atoms with E-state index < -0.39 is 0 Å². The van der Waals surface area contributed by atoms with Crippen molar-refractivity contribution in [2.24, 2.45) is 5.92 Å². The number of benzene rings is 1. The second-order valence-electron chi connectivity index (χ2n) is 3.70. The molecule has 0 N–H and O–H groups in total. The van der Waals surface area contributed by atoms with Gasteiger partial charge in [0.2, 0.25) is 0 Å². The number of hydrogen-bond donors (Lipinski definition) is 0. The summed E-state index contributed by atoms with van der Waals surface area (Å²) in [4.78, 5) is 11.7. The number of rotatable bonds is 3. The molecule has 0 radical (unpaired) electrons. The molecule has 0 saturated carbocycles. The third kappa shape index (κ3) is 3.09. The first-order chi connectivity index (χ1) is 8.16. The minimum atomic E-state index is -0.141. The van der Waals surface area contributed by atoms with E-state index in [0.717, 1.165) is 5.56 Å². The molecule has 3 heteroatoms. The van der Waals surface area contributed by atoms with Crippen molar-refractivity contribution in [3.63, 3.8) is 0 Å². The molecule has 0 bridgehead atoms. The summed E-state index contributed by atoms with van der Waals surface area (Å²) in [6, 6.07) is 5.18.